The normalized spacial score (nSPS) is 13.8. The molecule has 1 amide bonds. The topological polar surface area (TPSA) is 58.8 Å². The van der Waals surface area contributed by atoms with Gasteiger partial charge in [0.1, 0.15) is 5.75 Å². The summed E-state index contributed by atoms with van der Waals surface area (Å²) in [5, 5.41) is 0. The van der Waals surface area contributed by atoms with Crippen LogP contribution in [0.4, 0.5) is 5.69 Å². The molecule has 33 heavy (non-hydrogen) atoms. The average Bonchev–Trinajstić information content (AvgIpc) is 2.85. The van der Waals surface area contributed by atoms with Crippen molar-refractivity contribution in [1.82, 2.24) is 4.90 Å². The first-order valence-corrected chi connectivity index (χ1v) is 11.3. The number of benzene rings is 3. The number of hydrogen-bond acceptors (Lipinski definition) is 4. The van der Waals surface area contributed by atoms with Gasteiger partial charge in [-0.1, -0.05) is 30.0 Å². The number of nitrogens with zero attached hydrogens (tertiary/aromatic N) is 2. The molecule has 1 aliphatic heterocycles. The van der Waals surface area contributed by atoms with E-state index in [-0.39, 0.29) is 0 Å². The molecule has 0 bridgehead atoms. The first-order chi connectivity index (χ1) is 16.1. The van der Waals surface area contributed by atoms with Gasteiger partial charge in [0.25, 0.3) is 0 Å². The Morgan fingerprint density at radius 1 is 0.909 bits per heavy atom. The Bertz CT molecular complexity index is 1140. The summed E-state index contributed by atoms with van der Waals surface area (Å²) in [6.45, 7) is 7.34. The van der Waals surface area contributed by atoms with E-state index in [1.807, 2.05) is 49.4 Å². The van der Waals surface area contributed by atoms with Crippen molar-refractivity contribution in [3.05, 3.63) is 95.1 Å². The number of piperazine rings is 1. The monoisotopic (exact) mass is 439 g/mol. The first kappa shape index (κ1) is 22.4. The lowest BCUT2D eigenvalue weighted by atomic mass is 10.1. The van der Waals surface area contributed by atoms with Crippen LogP contribution in [0, 0.1) is 11.8 Å². The smallest absolute Gasteiger partial charge is 0.248 e. The predicted octanol–water partition coefficient (Wildman–Crippen LogP) is 3.91. The summed E-state index contributed by atoms with van der Waals surface area (Å²) in [6, 6.07) is 23.8. The van der Waals surface area contributed by atoms with Crippen LogP contribution in [0.15, 0.2) is 72.8 Å². The average molecular weight is 440 g/mol. The third kappa shape index (κ3) is 5.94. The third-order valence-corrected chi connectivity index (χ3v) is 5.81. The number of anilines is 1. The highest BCUT2D eigenvalue weighted by atomic mass is 16.5. The molecule has 5 heteroatoms. The second-order valence-corrected chi connectivity index (χ2v) is 8.04. The fourth-order valence-corrected chi connectivity index (χ4v) is 3.96. The SMILES string of the molecule is CCOc1ccc(C#Cc2ccccc2CN2CCN(c3ccc(C(N)=O)cc3)CC2)cc1. The van der Waals surface area contributed by atoms with Crippen LogP contribution in [0.2, 0.25) is 0 Å². The molecule has 168 valence electrons. The minimum absolute atomic E-state index is 0.393. The van der Waals surface area contributed by atoms with Crippen molar-refractivity contribution >= 4 is 11.6 Å². The number of hydrogen-bond donors (Lipinski definition) is 1. The Kier molecular flexibility index (Phi) is 7.29. The van der Waals surface area contributed by atoms with E-state index >= 15 is 0 Å². The number of nitrogens with two attached hydrogens (primary N) is 1. The van der Waals surface area contributed by atoms with Crippen molar-refractivity contribution < 1.29 is 9.53 Å². The van der Waals surface area contributed by atoms with Gasteiger partial charge in [0.15, 0.2) is 0 Å². The number of amides is 1. The molecule has 5 nitrogen and oxygen atoms in total. The highest BCUT2D eigenvalue weighted by Gasteiger charge is 2.18. The fraction of sp³-hybridized carbons (Fsp3) is 0.250. The number of carbonyl (C=O) groups excluding carboxylic acids is 1. The second kappa shape index (κ2) is 10.7. The van der Waals surface area contributed by atoms with Gasteiger partial charge in [0, 0.05) is 55.1 Å². The summed E-state index contributed by atoms with van der Waals surface area (Å²) in [5.41, 5.74) is 10.3. The lowest BCUT2D eigenvalue weighted by Gasteiger charge is -2.36. The van der Waals surface area contributed by atoms with Crippen molar-refractivity contribution in [3.63, 3.8) is 0 Å². The Morgan fingerprint density at radius 2 is 1.61 bits per heavy atom. The Hall–Kier alpha value is -3.75. The lowest BCUT2D eigenvalue weighted by Crippen LogP contribution is -2.46. The molecule has 1 fully saturated rings. The van der Waals surface area contributed by atoms with Gasteiger partial charge in [-0.3, -0.25) is 9.69 Å². The van der Waals surface area contributed by atoms with Crippen molar-refractivity contribution in [3.8, 4) is 17.6 Å². The van der Waals surface area contributed by atoms with Crippen LogP contribution in [-0.2, 0) is 6.54 Å². The van der Waals surface area contributed by atoms with Gasteiger partial charge in [-0.15, -0.1) is 0 Å². The van der Waals surface area contributed by atoms with E-state index in [4.69, 9.17) is 10.5 Å². The minimum atomic E-state index is -0.393. The van der Waals surface area contributed by atoms with E-state index in [9.17, 15) is 4.79 Å². The molecular weight excluding hydrogens is 410 g/mol. The van der Waals surface area contributed by atoms with E-state index in [1.165, 1.54) is 5.56 Å². The number of rotatable bonds is 6. The maximum absolute atomic E-state index is 11.3. The van der Waals surface area contributed by atoms with Crippen molar-refractivity contribution in [1.29, 1.82) is 0 Å². The van der Waals surface area contributed by atoms with E-state index < -0.39 is 5.91 Å². The molecule has 3 aromatic rings. The molecule has 1 aliphatic rings. The molecule has 0 saturated carbocycles. The van der Waals surface area contributed by atoms with Crippen LogP contribution in [0.3, 0.4) is 0 Å². The van der Waals surface area contributed by atoms with Gasteiger partial charge in [0.05, 0.1) is 6.61 Å². The molecular formula is C28H29N3O2. The summed E-state index contributed by atoms with van der Waals surface area (Å²) >= 11 is 0. The largest absolute Gasteiger partial charge is 0.494 e. The van der Waals surface area contributed by atoms with E-state index in [1.54, 1.807) is 12.1 Å². The lowest BCUT2D eigenvalue weighted by molar-refractivity contribution is 0.100. The predicted molar refractivity (Wildman–Crippen MR) is 132 cm³/mol. The zero-order valence-corrected chi connectivity index (χ0v) is 19.0. The standard InChI is InChI=1S/C28H29N3O2/c1-2-33-27-15-8-22(9-16-27)7-10-23-5-3-4-6-25(23)21-30-17-19-31(20-18-30)26-13-11-24(12-14-26)28(29)32/h3-6,8-9,11-16H,2,17-21H2,1H3,(H2,29,32). The molecule has 0 aliphatic carbocycles. The fourth-order valence-electron chi connectivity index (χ4n) is 3.96. The molecule has 3 aromatic carbocycles. The maximum Gasteiger partial charge on any atom is 0.248 e. The van der Waals surface area contributed by atoms with Crippen LogP contribution >= 0.6 is 0 Å². The summed E-state index contributed by atoms with van der Waals surface area (Å²) in [4.78, 5) is 16.1. The summed E-state index contributed by atoms with van der Waals surface area (Å²) in [7, 11) is 0. The Labute approximate surface area is 195 Å². The molecule has 1 saturated heterocycles. The highest BCUT2D eigenvalue weighted by Crippen LogP contribution is 2.19. The molecule has 0 atom stereocenters. The number of carbonyl (C=O) groups is 1. The van der Waals surface area contributed by atoms with Gasteiger partial charge >= 0.3 is 0 Å². The zero-order chi connectivity index (χ0) is 23.0. The van der Waals surface area contributed by atoms with E-state index in [0.29, 0.717) is 12.2 Å². The quantitative estimate of drug-likeness (QED) is 0.592. The maximum atomic E-state index is 11.3. The molecule has 4 rings (SSSR count). The van der Waals surface area contributed by atoms with Gasteiger partial charge in [-0.25, -0.2) is 0 Å². The van der Waals surface area contributed by atoms with Crippen molar-refractivity contribution in [2.24, 2.45) is 5.73 Å². The summed E-state index contributed by atoms with van der Waals surface area (Å²) < 4.78 is 5.50. The van der Waals surface area contributed by atoms with Crippen LogP contribution in [0.25, 0.3) is 0 Å². The van der Waals surface area contributed by atoms with Gasteiger partial charge < -0.3 is 15.4 Å². The Balaban J connectivity index is 1.37. The van der Waals surface area contributed by atoms with Gasteiger partial charge in [0.2, 0.25) is 5.91 Å². The number of ether oxygens (including phenoxy) is 1. The van der Waals surface area contributed by atoms with Crippen molar-refractivity contribution in [2.45, 2.75) is 13.5 Å². The zero-order valence-electron chi connectivity index (χ0n) is 19.0. The van der Waals surface area contributed by atoms with Crippen LogP contribution < -0.4 is 15.4 Å². The molecule has 0 radical (unpaired) electrons. The molecule has 2 N–H and O–H groups in total. The first-order valence-electron chi connectivity index (χ1n) is 11.3. The molecule has 0 unspecified atom stereocenters. The van der Waals surface area contributed by atoms with E-state index in [2.05, 4.69) is 39.8 Å². The van der Waals surface area contributed by atoms with Crippen molar-refractivity contribution in [2.75, 3.05) is 37.7 Å². The Morgan fingerprint density at radius 3 is 2.27 bits per heavy atom. The summed E-state index contributed by atoms with van der Waals surface area (Å²) in [5.74, 6) is 7.11. The van der Waals surface area contributed by atoms with Gasteiger partial charge in [-0.2, -0.15) is 0 Å². The molecule has 1 heterocycles. The van der Waals surface area contributed by atoms with Crippen LogP contribution in [0.1, 0.15) is 34.0 Å². The molecule has 0 spiro atoms. The molecule has 0 aromatic heterocycles. The summed E-state index contributed by atoms with van der Waals surface area (Å²) in [6.07, 6.45) is 0. The van der Waals surface area contributed by atoms with E-state index in [0.717, 1.165) is 55.3 Å². The van der Waals surface area contributed by atoms with Crippen LogP contribution in [-0.4, -0.2) is 43.6 Å². The number of primary amides is 1. The van der Waals surface area contributed by atoms with Crippen LogP contribution in [0.5, 0.6) is 5.75 Å². The highest BCUT2D eigenvalue weighted by molar-refractivity contribution is 5.93. The minimum Gasteiger partial charge on any atom is -0.494 e. The van der Waals surface area contributed by atoms with Gasteiger partial charge in [-0.05, 0) is 67.1 Å². The second-order valence-electron chi connectivity index (χ2n) is 8.04. The third-order valence-electron chi connectivity index (χ3n) is 5.81.